The normalized spacial score (nSPS) is 18.2. The van der Waals surface area contributed by atoms with Gasteiger partial charge in [0.05, 0.1) is 17.0 Å². The molecule has 4 rings (SSSR count). The van der Waals surface area contributed by atoms with Crippen molar-refractivity contribution in [3.05, 3.63) is 48.0 Å². The standard InChI is InChI=1S/C15H12N4O3S2/c16-15(20)12-8-9-4-1-2-6-11(9)19(12)24(21,22)13-7-3-5-10-14(13)18-23-17-10/h1-7,12H,8H2,(H2,16,20)/t12-/m0/s1. The fraction of sp³-hybridized carbons (Fsp3) is 0.133. The van der Waals surface area contributed by atoms with Crippen molar-refractivity contribution >= 4 is 44.3 Å². The molecular weight excluding hydrogens is 348 g/mol. The van der Waals surface area contributed by atoms with E-state index in [1.54, 1.807) is 36.4 Å². The molecule has 0 saturated heterocycles. The average Bonchev–Trinajstić information content (AvgIpc) is 3.18. The van der Waals surface area contributed by atoms with E-state index >= 15 is 0 Å². The number of hydrogen-bond donors (Lipinski definition) is 1. The Bertz CT molecular complexity index is 1040. The Morgan fingerprint density at radius 3 is 2.75 bits per heavy atom. The molecule has 2 aromatic carbocycles. The van der Waals surface area contributed by atoms with Gasteiger partial charge in [-0.2, -0.15) is 8.73 Å². The van der Waals surface area contributed by atoms with Crippen molar-refractivity contribution in [3.8, 4) is 0 Å². The molecular formula is C15H12N4O3S2. The van der Waals surface area contributed by atoms with Crippen molar-refractivity contribution in [3.63, 3.8) is 0 Å². The lowest BCUT2D eigenvalue weighted by Crippen LogP contribution is -2.46. The number of carbonyl (C=O) groups excluding carboxylic acids is 1. The Hall–Kier alpha value is -2.52. The molecule has 24 heavy (non-hydrogen) atoms. The number of hydrogen-bond acceptors (Lipinski definition) is 5. The summed E-state index contributed by atoms with van der Waals surface area (Å²) in [6.07, 6.45) is 0.260. The number of benzene rings is 2. The van der Waals surface area contributed by atoms with Crippen LogP contribution in [0.3, 0.4) is 0 Å². The first-order valence-corrected chi connectivity index (χ1v) is 9.30. The average molecular weight is 360 g/mol. The SMILES string of the molecule is NC(=O)[C@@H]1Cc2ccccc2N1S(=O)(=O)c1cccc2c1N=S=N2. The first-order valence-electron chi connectivity index (χ1n) is 7.13. The van der Waals surface area contributed by atoms with Gasteiger partial charge >= 0.3 is 0 Å². The quantitative estimate of drug-likeness (QED) is 0.772. The van der Waals surface area contributed by atoms with E-state index in [2.05, 4.69) is 8.73 Å². The van der Waals surface area contributed by atoms with Crippen LogP contribution in [0.5, 0.6) is 0 Å². The summed E-state index contributed by atoms with van der Waals surface area (Å²) in [5, 5.41) is 0. The molecule has 0 spiro atoms. The van der Waals surface area contributed by atoms with Crippen LogP contribution in [0, 0.1) is 0 Å². The minimum Gasteiger partial charge on any atom is -0.368 e. The van der Waals surface area contributed by atoms with Gasteiger partial charge in [0.25, 0.3) is 10.0 Å². The van der Waals surface area contributed by atoms with E-state index in [9.17, 15) is 13.2 Å². The molecule has 0 bridgehead atoms. The largest absolute Gasteiger partial charge is 0.368 e. The first kappa shape index (κ1) is 15.0. The second-order valence-corrected chi connectivity index (χ2v) is 7.75. The summed E-state index contributed by atoms with van der Waals surface area (Å²) in [5.74, 6) is -0.682. The highest BCUT2D eigenvalue weighted by Gasteiger charge is 2.42. The number of sulfonamides is 1. The zero-order valence-corrected chi connectivity index (χ0v) is 13.9. The van der Waals surface area contributed by atoms with Crippen molar-refractivity contribution in [1.82, 2.24) is 0 Å². The number of para-hydroxylation sites is 1. The monoisotopic (exact) mass is 360 g/mol. The zero-order chi connectivity index (χ0) is 16.9. The summed E-state index contributed by atoms with van der Waals surface area (Å²) >= 11 is 0.944. The summed E-state index contributed by atoms with van der Waals surface area (Å²) in [7, 11) is -4.01. The molecule has 0 aliphatic carbocycles. The Morgan fingerprint density at radius 1 is 1.17 bits per heavy atom. The molecule has 122 valence electrons. The number of nitrogens with zero attached hydrogens (tertiary/aromatic N) is 3. The lowest BCUT2D eigenvalue weighted by atomic mass is 10.1. The van der Waals surface area contributed by atoms with Gasteiger partial charge in [-0.05, 0) is 23.8 Å². The minimum absolute atomic E-state index is 0.0247. The molecule has 0 fully saturated rings. The van der Waals surface area contributed by atoms with E-state index in [1.807, 2.05) is 0 Å². The Labute approximate surface area is 142 Å². The van der Waals surface area contributed by atoms with E-state index < -0.39 is 22.0 Å². The Kier molecular flexibility index (Phi) is 3.29. The number of fused-ring (bicyclic) bond motifs is 2. The lowest BCUT2D eigenvalue weighted by molar-refractivity contribution is -0.118. The minimum atomic E-state index is -4.01. The molecule has 7 nitrogen and oxygen atoms in total. The Morgan fingerprint density at radius 2 is 1.96 bits per heavy atom. The van der Waals surface area contributed by atoms with Gasteiger partial charge < -0.3 is 5.73 Å². The number of anilines is 1. The number of amides is 1. The maximum Gasteiger partial charge on any atom is 0.267 e. The fourth-order valence-corrected chi connectivity index (χ4v) is 5.38. The van der Waals surface area contributed by atoms with Crippen LogP contribution in [0.15, 0.2) is 56.1 Å². The van der Waals surface area contributed by atoms with Crippen molar-refractivity contribution in [2.45, 2.75) is 17.4 Å². The summed E-state index contributed by atoms with van der Waals surface area (Å²) in [6, 6.07) is 10.8. The molecule has 2 aliphatic rings. The van der Waals surface area contributed by atoms with E-state index in [4.69, 9.17) is 5.73 Å². The van der Waals surface area contributed by atoms with Gasteiger partial charge in [-0.1, -0.05) is 24.3 Å². The molecule has 1 amide bonds. The van der Waals surface area contributed by atoms with Crippen LogP contribution in [-0.2, 0) is 32.6 Å². The predicted molar refractivity (Wildman–Crippen MR) is 90.8 cm³/mol. The van der Waals surface area contributed by atoms with Gasteiger partial charge in [0.1, 0.15) is 22.3 Å². The molecule has 0 unspecified atom stereocenters. The highest BCUT2D eigenvalue weighted by Crippen LogP contribution is 2.42. The zero-order valence-electron chi connectivity index (χ0n) is 12.3. The van der Waals surface area contributed by atoms with Crippen LogP contribution in [0.4, 0.5) is 17.1 Å². The van der Waals surface area contributed by atoms with Gasteiger partial charge in [-0.25, -0.2) is 8.42 Å². The van der Waals surface area contributed by atoms with Crippen molar-refractivity contribution in [1.29, 1.82) is 0 Å². The van der Waals surface area contributed by atoms with Crippen LogP contribution in [0.25, 0.3) is 0 Å². The maximum atomic E-state index is 13.3. The second-order valence-electron chi connectivity index (χ2n) is 5.44. The van der Waals surface area contributed by atoms with E-state index in [1.165, 1.54) is 6.07 Å². The molecule has 2 heterocycles. The summed E-state index contributed by atoms with van der Waals surface area (Å²) in [4.78, 5) is 11.9. The highest BCUT2D eigenvalue weighted by molar-refractivity contribution is 7.93. The second kappa shape index (κ2) is 5.25. The molecule has 2 N–H and O–H groups in total. The smallest absolute Gasteiger partial charge is 0.267 e. The van der Waals surface area contributed by atoms with Gasteiger partial charge in [0.15, 0.2) is 0 Å². The van der Waals surface area contributed by atoms with E-state index in [0.29, 0.717) is 17.1 Å². The lowest BCUT2D eigenvalue weighted by Gasteiger charge is -2.25. The number of rotatable bonds is 3. The number of nitrogens with two attached hydrogens (primary N) is 1. The van der Waals surface area contributed by atoms with E-state index in [0.717, 1.165) is 21.2 Å². The van der Waals surface area contributed by atoms with E-state index in [-0.39, 0.29) is 11.3 Å². The highest BCUT2D eigenvalue weighted by atomic mass is 32.2. The summed E-state index contributed by atoms with van der Waals surface area (Å²) in [5.41, 5.74) is 7.51. The van der Waals surface area contributed by atoms with Gasteiger partial charge in [-0.3, -0.25) is 9.10 Å². The van der Waals surface area contributed by atoms with Crippen LogP contribution < -0.4 is 10.0 Å². The van der Waals surface area contributed by atoms with Crippen LogP contribution >= 0.6 is 0 Å². The molecule has 2 aliphatic heterocycles. The molecule has 0 radical (unpaired) electrons. The molecule has 1 atom stereocenters. The fourth-order valence-electron chi connectivity index (χ4n) is 2.97. The third kappa shape index (κ3) is 2.09. The first-order chi connectivity index (χ1) is 11.5. The van der Waals surface area contributed by atoms with Gasteiger partial charge in [0.2, 0.25) is 5.91 Å². The third-order valence-electron chi connectivity index (χ3n) is 4.04. The third-order valence-corrected chi connectivity index (χ3v) is 6.44. The van der Waals surface area contributed by atoms with Crippen LogP contribution in [0.2, 0.25) is 0 Å². The number of carbonyl (C=O) groups is 1. The maximum absolute atomic E-state index is 13.3. The Balaban J connectivity index is 1.92. The summed E-state index contributed by atoms with van der Waals surface area (Å²) in [6.45, 7) is 0. The van der Waals surface area contributed by atoms with Crippen molar-refractivity contribution in [2.75, 3.05) is 4.31 Å². The molecule has 0 aromatic heterocycles. The van der Waals surface area contributed by atoms with Crippen LogP contribution in [-0.4, -0.2) is 20.4 Å². The summed E-state index contributed by atoms with van der Waals surface area (Å²) < 4.78 is 35.8. The number of primary amides is 1. The van der Waals surface area contributed by atoms with Gasteiger partial charge in [-0.15, -0.1) is 0 Å². The van der Waals surface area contributed by atoms with Gasteiger partial charge in [0, 0.05) is 6.42 Å². The molecule has 0 saturated carbocycles. The topological polar surface area (TPSA) is 105 Å². The van der Waals surface area contributed by atoms with Crippen molar-refractivity contribution < 1.29 is 13.2 Å². The van der Waals surface area contributed by atoms with Crippen molar-refractivity contribution in [2.24, 2.45) is 14.5 Å². The molecule has 9 heteroatoms. The van der Waals surface area contributed by atoms with Crippen LogP contribution in [0.1, 0.15) is 5.56 Å². The molecule has 2 aromatic rings. The predicted octanol–water partition coefficient (Wildman–Crippen LogP) is 2.02.